The molecule has 0 aliphatic carbocycles. The number of amides is 1. The molecule has 7 heteroatoms. The maximum absolute atomic E-state index is 12.3. The maximum Gasteiger partial charge on any atom is 0.333 e. The molecule has 1 amide bonds. The fourth-order valence-electron chi connectivity index (χ4n) is 2.55. The average molecular weight is 320 g/mol. The standard InChI is InChI=1S/C15H16N2O4S/c1-14(2)8-15(12(19)21-14)11(18)17-13(22-15)16-9-4-6-10(20-3)7-5-9/h4-7H,8H2,1-3H3,(H,16,17,18). The Balaban J connectivity index is 1.85. The molecule has 6 nitrogen and oxygen atoms in total. The molecular weight excluding hydrogens is 304 g/mol. The minimum atomic E-state index is -1.21. The van der Waals surface area contributed by atoms with Crippen LogP contribution in [0.25, 0.3) is 0 Å². The van der Waals surface area contributed by atoms with E-state index in [0.29, 0.717) is 17.3 Å². The summed E-state index contributed by atoms with van der Waals surface area (Å²) >= 11 is 1.13. The number of aliphatic imine (C=N–C) groups is 1. The summed E-state index contributed by atoms with van der Waals surface area (Å²) in [6.07, 6.45) is 0.330. The van der Waals surface area contributed by atoms with Crippen molar-refractivity contribution in [1.82, 2.24) is 5.32 Å². The minimum Gasteiger partial charge on any atom is -0.497 e. The lowest BCUT2D eigenvalue weighted by atomic mass is 9.96. The first-order chi connectivity index (χ1) is 10.3. The third-order valence-corrected chi connectivity index (χ3v) is 4.77. The number of amidine groups is 1. The van der Waals surface area contributed by atoms with Crippen molar-refractivity contribution in [1.29, 1.82) is 0 Å². The number of nitrogens with zero attached hydrogens (tertiary/aromatic N) is 1. The first-order valence-electron chi connectivity index (χ1n) is 6.81. The van der Waals surface area contributed by atoms with Gasteiger partial charge in [-0.25, -0.2) is 9.79 Å². The Morgan fingerprint density at radius 2 is 1.95 bits per heavy atom. The molecule has 0 radical (unpaired) electrons. The molecule has 3 rings (SSSR count). The molecule has 2 heterocycles. The molecule has 1 spiro atoms. The number of benzene rings is 1. The van der Waals surface area contributed by atoms with Crippen LogP contribution < -0.4 is 10.1 Å². The Hall–Kier alpha value is -2.02. The van der Waals surface area contributed by atoms with E-state index in [-0.39, 0.29) is 5.91 Å². The van der Waals surface area contributed by atoms with E-state index >= 15 is 0 Å². The molecule has 1 N–H and O–H groups in total. The van der Waals surface area contributed by atoms with E-state index in [1.807, 2.05) is 0 Å². The summed E-state index contributed by atoms with van der Waals surface area (Å²) in [7, 11) is 1.59. The number of carbonyl (C=O) groups excluding carboxylic acids is 2. The first kappa shape index (κ1) is 14.9. The number of hydrogen-bond donors (Lipinski definition) is 1. The van der Waals surface area contributed by atoms with Gasteiger partial charge in [-0.15, -0.1) is 0 Å². The van der Waals surface area contributed by atoms with Gasteiger partial charge in [0.05, 0.1) is 12.8 Å². The van der Waals surface area contributed by atoms with Crippen LogP contribution in [0.15, 0.2) is 29.3 Å². The highest BCUT2D eigenvalue weighted by atomic mass is 32.2. The molecule has 2 fully saturated rings. The molecule has 1 atom stereocenters. The summed E-state index contributed by atoms with van der Waals surface area (Å²) in [6.45, 7) is 3.60. The molecule has 2 aliphatic rings. The summed E-state index contributed by atoms with van der Waals surface area (Å²) in [5.41, 5.74) is 0.0306. The lowest BCUT2D eigenvalue weighted by Crippen LogP contribution is -2.40. The van der Waals surface area contributed by atoms with Crippen molar-refractivity contribution in [2.75, 3.05) is 7.11 Å². The van der Waals surface area contributed by atoms with Crippen LogP contribution in [-0.2, 0) is 14.3 Å². The fourth-order valence-corrected chi connectivity index (χ4v) is 3.86. The summed E-state index contributed by atoms with van der Waals surface area (Å²) in [6, 6.07) is 7.12. The average Bonchev–Trinajstić information content (AvgIpc) is 2.87. The van der Waals surface area contributed by atoms with Gasteiger partial charge in [0.1, 0.15) is 11.4 Å². The summed E-state index contributed by atoms with van der Waals surface area (Å²) in [5, 5.41) is 3.08. The number of ether oxygens (including phenoxy) is 2. The normalized spacial score (nSPS) is 28.0. The number of methoxy groups -OCH3 is 1. The van der Waals surface area contributed by atoms with E-state index < -0.39 is 16.3 Å². The fraction of sp³-hybridized carbons (Fsp3) is 0.400. The van der Waals surface area contributed by atoms with Crippen LogP contribution in [0, 0.1) is 0 Å². The van der Waals surface area contributed by atoms with Crippen molar-refractivity contribution in [3.63, 3.8) is 0 Å². The van der Waals surface area contributed by atoms with E-state index in [4.69, 9.17) is 9.47 Å². The van der Waals surface area contributed by atoms with Crippen LogP contribution in [0.4, 0.5) is 5.69 Å². The predicted octanol–water partition coefficient (Wildman–Crippen LogP) is 2.01. The third kappa shape index (κ3) is 2.45. The summed E-state index contributed by atoms with van der Waals surface area (Å²) < 4.78 is 9.16. The van der Waals surface area contributed by atoms with Crippen LogP contribution >= 0.6 is 11.8 Å². The smallest absolute Gasteiger partial charge is 0.333 e. The number of cyclic esters (lactones) is 1. The second-order valence-electron chi connectivity index (χ2n) is 5.82. The van der Waals surface area contributed by atoms with E-state index in [0.717, 1.165) is 17.5 Å². The molecule has 0 bridgehead atoms. The highest BCUT2D eigenvalue weighted by molar-refractivity contribution is 8.17. The molecule has 1 aromatic carbocycles. The van der Waals surface area contributed by atoms with E-state index in [9.17, 15) is 9.59 Å². The maximum atomic E-state index is 12.3. The molecule has 1 aromatic rings. The van der Waals surface area contributed by atoms with Crippen LogP contribution in [-0.4, -0.2) is 34.5 Å². The molecule has 1 unspecified atom stereocenters. The van der Waals surface area contributed by atoms with E-state index in [2.05, 4.69) is 10.3 Å². The van der Waals surface area contributed by atoms with Crippen LogP contribution in [0.3, 0.4) is 0 Å². The first-order valence-corrected chi connectivity index (χ1v) is 7.63. The largest absolute Gasteiger partial charge is 0.497 e. The quantitative estimate of drug-likeness (QED) is 0.666. The Kier molecular flexibility index (Phi) is 3.40. The van der Waals surface area contributed by atoms with Gasteiger partial charge in [0.15, 0.2) is 5.17 Å². The Labute approximate surface area is 132 Å². The SMILES string of the molecule is COc1ccc(N=C2NC(=O)C3(CC(C)(C)OC3=O)S2)cc1. The Morgan fingerprint density at radius 3 is 2.50 bits per heavy atom. The van der Waals surface area contributed by atoms with Crippen LogP contribution in [0.5, 0.6) is 5.75 Å². The van der Waals surface area contributed by atoms with E-state index in [1.165, 1.54) is 0 Å². The number of rotatable bonds is 2. The molecule has 22 heavy (non-hydrogen) atoms. The molecule has 2 aliphatic heterocycles. The monoisotopic (exact) mass is 320 g/mol. The second-order valence-corrected chi connectivity index (χ2v) is 7.11. The number of hydrogen-bond acceptors (Lipinski definition) is 6. The van der Waals surface area contributed by atoms with Crippen LogP contribution in [0.1, 0.15) is 20.3 Å². The second kappa shape index (κ2) is 5.01. The van der Waals surface area contributed by atoms with Gasteiger partial charge in [-0.05, 0) is 38.1 Å². The van der Waals surface area contributed by atoms with Crippen molar-refractivity contribution < 1.29 is 19.1 Å². The van der Waals surface area contributed by atoms with Gasteiger partial charge in [0, 0.05) is 6.42 Å². The highest BCUT2D eigenvalue weighted by Gasteiger charge is 2.62. The van der Waals surface area contributed by atoms with Gasteiger partial charge in [-0.1, -0.05) is 11.8 Å². The minimum absolute atomic E-state index is 0.330. The molecule has 0 aromatic heterocycles. The zero-order valence-corrected chi connectivity index (χ0v) is 13.3. The molecule has 2 saturated heterocycles. The molecule has 116 valence electrons. The van der Waals surface area contributed by atoms with Gasteiger partial charge in [-0.3, -0.25) is 4.79 Å². The lowest BCUT2D eigenvalue weighted by molar-refractivity contribution is -0.148. The Morgan fingerprint density at radius 1 is 1.27 bits per heavy atom. The van der Waals surface area contributed by atoms with Gasteiger partial charge >= 0.3 is 5.97 Å². The van der Waals surface area contributed by atoms with Gasteiger partial charge in [0.25, 0.3) is 5.91 Å². The van der Waals surface area contributed by atoms with Crippen molar-refractivity contribution in [2.45, 2.75) is 30.6 Å². The van der Waals surface area contributed by atoms with Gasteiger partial charge in [0.2, 0.25) is 4.75 Å². The van der Waals surface area contributed by atoms with Crippen molar-refractivity contribution in [3.05, 3.63) is 24.3 Å². The van der Waals surface area contributed by atoms with Crippen molar-refractivity contribution in [3.8, 4) is 5.75 Å². The Bertz CT molecular complexity index is 669. The van der Waals surface area contributed by atoms with Crippen LogP contribution in [0.2, 0.25) is 0 Å². The van der Waals surface area contributed by atoms with E-state index in [1.54, 1.807) is 45.2 Å². The number of thioether (sulfide) groups is 1. The molecule has 0 saturated carbocycles. The summed E-state index contributed by atoms with van der Waals surface area (Å²) in [5.74, 6) is -0.134. The van der Waals surface area contributed by atoms with Gasteiger partial charge in [-0.2, -0.15) is 0 Å². The van der Waals surface area contributed by atoms with Crippen molar-refractivity contribution in [2.24, 2.45) is 4.99 Å². The van der Waals surface area contributed by atoms with Gasteiger partial charge < -0.3 is 14.8 Å². The third-order valence-electron chi connectivity index (χ3n) is 3.53. The zero-order chi connectivity index (χ0) is 16.0. The zero-order valence-electron chi connectivity index (χ0n) is 12.5. The van der Waals surface area contributed by atoms with Crippen molar-refractivity contribution >= 4 is 34.5 Å². The number of nitrogens with one attached hydrogen (secondary N) is 1. The highest BCUT2D eigenvalue weighted by Crippen LogP contribution is 2.46. The topological polar surface area (TPSA) is 77.0 Å². The lowest BCUT2D eigenvalue weighted by Gasteiger charge is -2.15. The summed E-state index contributed by atoms with van der Waals surface area (Å²) in [4.78, 5) is 28.8. The number of esters is 1. The number of carbonyl (C=O) groups is 2. The predicted molar refractivity (Wildman–Crippen MR) is 83.3 cm³/mol. The molecular formula is C15H16N2O4S.